The van der Waals surface area contributed by atoms with Crippen LogP contribution in [0.2, 0.25) is 0 Å². The number of rotatable bonds is 4. The SMILES string of the molecule is Cc1nc(CO)ccc1OCc1ccccc1.Cl. The Morgan fingerprint density at radius 1 is 1.11 bits per heavy atom. The molecule has 1 heterocycles. The molecule has 0 atom stereocenters. The third-order valence-electron chi connectivity index (χ3n) is 2.49. The van der Waals surface area contributed by atoms with Gasteiger partial charge in [-0.2, -0.15) is 0 Å². The molecule has 0 bridgehead atoms. The molecule has 2 aromatic rings. The first-order valence-electron chi connectivity index (χ1n) is 5.53. The molecule has 4 heteroatoms. The second-order valence-corrected chi connectivity index (χ2v) is 3.82. The van der Waals surface area contributed by atoms with E-state index in [9.17, 15) is 0 Å². The van der Waals surface area contributed by atoms with E-state index >= 15 is 0 Å². The molecule has 0 fully saturated rings. The van der Waals surface area contributed by atoms with Crippen LogP contribution in [0, 0.1) is 6.92 Å². The fraction of sp³-hybridized carbons (Fsp3) is 0.214. The molecule has 0 unspecified atom stereocenters. The van der Waals surface area contributed by atoms with Gasteiger partial charge < -0.3 is 9.84 Å². The van der Waals surface area contributed by atoms with E-state index in [1.54, 1.807) is 6.07 Å². The van der Waals surface area contributed by atoms with Crippen molar-refractivity contribution in [3.05, 3.63) is 59.4 Å². The Bertz CT molecular complexity index is 488. The normalized spacial score (nSPS) is 9.67. The van der Waals surface area contributed by atoms with Crippen LogP contribution in [0.1, 0.15) is 17.0 Å². The van der Waals surface area contributed by atoms with E-state index < -0.39 is 0 Å². The van der Waals surface area contributed by atoms with Crippen molar-refractivity contribution in [1.82, 2.24) is 4.98 Å². The van der Waals surface area contributed by atoms with Crippen LogP contribution in [-0.2, 0) is 13.2 Å². The average molecular weight is 266 g/mol. The summed E-state index contributed by atoms with van der Waals surface area (Å²) < 4.78 is 5.68. The van der Waals surface area contributed by atoms with E-state index in [0.29, 0.717) is 12.3 Å². The average Bonchev–Trinajstić information content (AvgIpc) is 2.38. The highest BCUT2D eigenvalue weighted by Gasteiger charge is 2.02. The van der Waals surface area contributed by atoms with Crippen molar-refractivity contribution in [3.63, 3.8) is 0 Å². The van der Waals surface area contributed by atoms with Gasteiger partial charge in [0.25, 0.3) is 0 Å². The van der Waals surface area contributed by atoms with Crippen molar-refractivity contribution in [1.29, 1.82) is 0 Å². The zero-order chi connectivity index (χ0) is 12.1. The molecule has 0 saturated carbocycles. The Hall–Kier alpha value is -1.58. The minimum Gasteiger partial charge on any atom is -0.487 e. The van der Waals surface area contributed by atoms with Crippen molar-refractivity contribution in [3.8, 4) is 5.75 Å². The van der Waals surface area contributed by atoms with Crippen molar-refractivity contribution in [2.24, 2.45) is 0 Å². The molecule has 18 heavy (non-hydrogen) atoms. The quantitative estimate of drug-likeness (QED) is 0.924. The fourth-order valence-electron chi connectivity index (χ4n) is 1.58. The lowest BCUT2D eigenvalue weighted by molar-refractivity contribution is 0.274. The molecule has 0 aliphatic rings. The summed E-state index contributed by atoms with van der Waals surface area (Å²) in [7, 11) is 0. The van der Waals surface area contributed by atoms with Crippen molar-refractivity contribution in [2.45, 2.75) is 20.1 Å². The third-order valence-corrected chi connectivity index (χ3v) is 2.49. The molecule has 0 aliphatic heterocycles. The maximum atomic E-state index is 8.96. The number of halogens is 1. The van der Waals surface area contributed by atoms with E-state index in [-0.39, 0.29) is 19.0 Å². The summed E-state index contributed by atoms with van der Waals surface area (Å²) in [6.07, 6.45) is 0. The standard InChI is InChI=1S/C14H15NO2.ClH/c1-11-14(8-7-13(9-16)15-11)17-10-12-5-3-2-4-6-12;/h2-8,16H,9-10H2,1H3;1H. The summed E-state index contributed by atoms with van der Waals surface area (Å²) in [5.41, 5.74) is 2.58. The maximum Gasteiger partial charge on any atom is 0.141 e. The smallest absolute Gasteiger partial charge is 0.141 e. The number of aliphatic hydroxyl groups is 1. The molecule has 3 nitrogen and oxygen atoms in total. The van der Waals surface area contributed by atoms with Gasteiger partial charge in [-0.3, -0.25) is 4.98 Å². The first-order chi connectivity index (χ1) is 8.29. The Kier molecular flexibility index (Phi) is 5.62. The first kappa shape index (κ1) is 14.5. The molecular weight excluding hydrogens is 250 g/mol. The van der Waals surface area contributed by atoms with E-state index in [0.717, 1.165) is 17.0 Å². The number of aliphatic hydroxyl groups excluding tert-OH is 1. The summed E-state index contributed by atoms with van der Waals surface area (Å²) in [5, 5.41) is 8.96. The molecule has 1 N–H and O–H groups in total. The number of pyridine rings is 1. The molecule has 0 amide bonds. The number of hydrogen-bond acceptors (Lipinski definition) is 3. The molecule has 0 saturated heterocycles. The van der Waals surface area contributed by atoms with Crippen molar-refractivity contribution >= 4 is 12.4 Å². The summed E-state index contributed by atoms with van der Waals surface area (Å²) in [6.45, 7) is 2.36. The number of hydrogen-bond donors (Lipinski definition) is 1. The van der Waals surface area contributed by atoms with Crippen LogP contribution in [0.25, 0.3) is 0 Å². The van der Waals surface area contributed by atoms with Crippen LogP contribution in [0.4, 0.5) is 0 Å². The summed E-state index contributed by atoms with van der Waals surface area (Å²) >= 11 is 0. The second-order valence-electron chi connectivity index (χ2n) is 3.82. The number of ether oxygens (including phenoxy) is 1. The van der Waals surface area contributed by atoms with Crippen LogP contribution in [0.15, 0.2) is 42.5 Å². The summed E-state index contributed by atoms with van der Waals surface area (Å²) in [6, 6.07) is 13.6. The number of benzene rings is 1. The van der Waals surface area contributed by atoms with Gasteiger partial charge >= 0.3 is 0 Å². The Morgan fingerprint density at radius 2 is 1.83 bits per heavy atom. The van der Waals surface area contributed by atoms with Gasteiger partial charge in [0, 0.05) is 0 Å². The van der Waals surface area contributed by atoms with Gasteiger partial charge in [0.05, 0.1) is 18.0 Å². The zero-order valence-corrected chi connectivity index (χ0v) is 11.0. The number of aromatic nitrogens is 1. The Balaban J connectivity index is 0.00000162. The highest BCUT2D eigenvalue weighted by atomic mass is 35.5. The lowest BCUT2D eigenvalue weighted by atomic mass is 10.2. The second kappa shape index (κ2) is 6.99. The third kappa shape index (κ3) is 3.72. The van der Waals surface area contributed by atoms with Crippen LogP contribution >= 0.6 is 12.4 Å². The molecule has 96 valence electrons. The van der Waals surface area contributed by atoms with Crippen LogP contribution < -0.4 is 4.74 Å². The van der Waals surface area contributed by atoms with Crippen LogP contribution in [-0.4, -0.2) is 10.1 Å². The van der Waals surface area contributed by atoms with Crippen molar-refractivity contribution in [2.75, 3.05) is 0 Å². The highest BCUT2D eigenvalue weighted by molar-refractivity contribution is 5.85. The summed E-state index contributed by atoms with van der Waals surface area (Å²) in [4.78, 5) is 4.23. The molecule has 0 radical (unpaired) electrons. The molecular formula is C14H16ClNO2. The highest BCUT2D eigenvalue weighted by Crippen LogP contribution is 2.17. The van der Waals surface area contributed by atoms with Crippen molar-refractivity contribution < 1.29 is 9.84 Å². The largest absolute Gasteiger partial charge is 0.487 e. The van der Waals surface area contributed by atoms with Crippen LogP contribution in [0.5, 0.6) is 5.75 Å². The van der Waals surface area contributed by atoms with Gasteiger partial charge in [0.2, 0.25) is 0 Å². The lowest BCUT2D eigenvalue weighted by Gasteiger charge is -2.09. The predicted molar refractivity (Wildman–Crippen MR) is 72.9 cm³/mol. The van der Waals surface area contributed by atoms with E-state index in [4.69, 9.17) is 9.84 Å². The van der Waals surface area contributed by atoms with Crippen LogP contribution in [0.3, 0.4) is 0 Å². The van der Waals surface area contributed by atoms with Gasteiger partial charge in [-0.05, 0) is 24.6 Å². The molecule has 1 aromatic carbocycles. The van der Waals surface area contributed by atoms with E-state index in [1.807, 2.05) is 43.3 Å². The minimum absolute atomic E-state index is 0. The lowest BCUT2D eigenvalue weighted by Crippen LogP contribution is -1.99. The monoisotopic (exact) mass is 265 g/mol. The first-order valence-corrected chi connectivity index (χ1v) is 5.53. The number of nitrogens with zero attached hydrogens (tertiary/aromatic N) is 1. The van der Waals surface area contributed by atoms with E-state index in [1.165, 1.54) is 0 Å². The maximum absolute atomic E-state index is 8.96. The van der Waals surface area contributed by atoms with Gasteiger partial charge in [0.1, 0.15) is 12.4 Å². The van der Waals surface area contributed by atoms with Gasteiger partial charge in [-0.25, -0.2) is 0 Å². The Labute approximate surface area is 113 Å². The van der Waals surface area contributed by atoms with Gasteiger partial charge in [0.15, 0.2) is 0 Å². The Morgan fingerprint density at radius 3 is 2.44 bits per heavy atom. The minimum atomic E-state index is -0.0419. The fourth-order valence-corrected chi connectivity index (χ4v) is 1.58. The molecule has 1 aromatic heterocycles. The van der Waals surface area contributed by atoms with Gasteiger partial charge in [-0.15, -0.1) is 12.4 Å². The zero-order valence-electron chi connectivity index (χ0n) is 10.2. The number of aryl methyl sites for hydroxylation is 1. The van der Waals surface area contributed by atoms with Gasteiger partial charge in [-0.1, -0.05) is 30.3 Å². The summed E-state index contributed by atoms with van der Waals surface area (Å²) in [5.74, 6) is 0.756. The molecule has 0 aliphatic carbocycles. The molecule has 2 rings (SSSR count). The predicted octanol–water partition coefficient (Wildman–Crippen LogP) is 2.88. The molecule has 0 spiro atoms. The van der Waals surface area contributed by atoms with E-state index in [2.05, 4.69) is 4.98 Å². The topological polar surface area (TPSA) is 42.4 Å².